The Hall–Kier alpha value is -1.95. The average molecular weight is 208 g/mol. The first-order valence-electron chi connectivity index (χ1n) is 4.43. The first kappa shape index (κ1) is 11.1. The molecule has 0 unspecified atom stereocenters. The minimum Gasteiger partial charge on any atom is -0.330 e. The number of nitrogens with zero attached hydrogens (tertiary/aromatic N) is 1. The van der Waals surface area contributed by atoms with Crippen molar-refractivity contribution in [3.63, 3.8) is 0 Å². The van der Waals surface area contributed by atoms with Gasteiger partial charge in [-0.2, -0.15) is 0 Å². The fourth-order valence-corrected chi connectivity index (χ4v) is 0.889. The standard InChI is InChI=1S/C9H12N4O2/c10-4-3-8(14)12-13-9(15)7-2-1-5-11-6-7/h1-2,5-6H,3-4,10H2,(H,12,14)(H,13,15). The molecule has 1 aromatic heterocycles. The smallest absolute Gasteiger partial charge is 0.271 e. The summed E-state index contributed by atoms with van der Waals surface area (Å²) in [5, 5.41) is 0. The van der Waals surface area contributed by atoms with Crippen LogP contribution in [0.3, 0.4) is 0 Å². The Balaban J connectivity index is 2.40. The first-order valence-corrected chi connectivity index (χ1v) is 4.43. The fraction of sp³-hybridized carbons (Fsp3) is 0.222. The molecule has 2 amide bonds. The van der Waals surface area contributed by atoms with Crippen LogP contribution in [-0.2, 0) is 4.79 Å². The minimum atomic E-state index is -0.409. The Kier molecular flexibility index (Phi) is 4.24. The third kappa shape index (κ3) is 3.74. The van der Waals surface area contributed by atoms with Gasteiger partial charge in [0.25, 0.3) is 5.91 Å². The maximum atomic E-state index is 11.4. The molecule has 0 aromatic carbocycles. The van der Waals surface area contributed by atoms with Gasteiger partial charge in [0, 0.05) is 25.4 Å². The lowest BCUT2D eigenvalue weighted by molar-refractivity contribution is -0.121. The Morgan fingerprint density at radius 3 is 2.80 bits per heavy atom. The van der Waals surface area contributed by atoms with Gasteiger partial charge >= 0.3 is 0 Å². The van der Waals surface area contributed by atoms with Crippen molar-refractivity contribution < 1.29 is 9.59 Å². The van der Waals surface area contributed by atoms with E-state index in [9.17, 15) is 9.59 Å². The predicted molar refractivity (Wildman–Crippen MR) is 53.5 cm³/mol. The Morgan fingerprint density at radius 1 is 1.40 bits per heavy atom. The Labute approximate surface area is 86.8 Å². The number of hydrazine groups is 1. The summed E-state index contributed by atoms with van der Waals surface area (Å²) in [7, 11) is 0. The van der Waals surface area contributed by atoms with Crippen LogP contribution in [0.5, 0.6) is 0 Å². The van der Waals surface area contributed by atoms with Crippen LogP contribution >= 0.6 is 0 Å². The second-order valence-corrected chi connectivity index (χ2v) is 2.78. The van der Waals surface area contributed by atoms with Gasteiger partial charge in [-0.3, -0.25) is 25.4 Å². The summed E-state index contributed by atoms with van der Waals surface area (Å²) in [5.74, 6) is -0.733. The molecule has 0 aliphatic carbocycles. The molecule has 1 rings (SSSR count). The van der Waals surface area contributed by atoms with Crippen molar-refractivity contribution in [1.82, 2.24) is 15.8 Å². The maximum Gasteiger partial charge on any atom is 0.271 e. The van der Waals surface area contributed by atoms with Gasteiger partial charge in [0.2, 0.25) is 5.91 Å². The summed E-state index contributed by atoms with van der Waals surface area (Å²) in [5.41, 5.74) is 10.0. The van der Waals surface area contributed by atoms with Crippen LogP contribution in [0.4, 0.5) is 0 Å². The minimum absolute atomic E-state index is 0.174. The highest BCUT2D eigenvalue weighted by Gasteiger charge is 2.05. The van der Waals surface area contributed by atoms with Gasteiger partial charge in [-0.15, -0.1) is 0 Å². The molecule has 0 atom stereocenters. The van der Waals surface area contributed by atoms with Crippen LogP contribution in [0.1, 0.15) is 16.8 Å². The van der Waals surface area contributed by atoms with Crippen LogP contribution in [0.15, 0.2) is 24.5 Å². The fourth-order valence-electron chi connectivity index (χ4n) is 0.889. The molecule has 6 heteroatoms. The molecule has 1 aromatic rings. The molecular weight excluding hydrogens is 196 g/mol. The van der Waals surface area contributed by atoms with Crippen LogP contribution in [0, 0.1) is 0 Å². The van der Waals surface area contributed by atoms with E-state index in [4.69, 9.17) is 5.73 Å². The summed E-state index contributed by atoms with van der Waals surface area (Å²) in [4.78, 5) is 26.1. The molecule has 0 aliphatic rings. The number of carbonyl (C=O) groups excluding carboxylic acids is 2. The number of pyridine rings is 1. The normalized spacial score (nSPS) is 9.40. The Bertz CT molecular complexity index is 339. The van der Waals surface area contributed by atoms with Gasteiger partial charge in [-0.05, 0) is 12.1 Å². The number of aromatic nitrogens is 1. The van der Waals surface area contributed by atoms with E-state index >= 15 is 0 Å². The van der Waals surface area contributed by atoms with Crippen molar-refractivity contribution in [1.29, 1.82) is 0 Å². The van der Waals surface area contributed by atoms with Crippen molar-refractivity contribution in [3.8, 4) is 0 Å². The molecular formula is C9H12N4O2. The summed E-state index contributed by atoms with van der Waals surface area (Å²) in [6.45, 7) is 0.245. The van der Waals surface area contributed by atoms with E-state index in [1.165, 1.54) is 6.20 Å². The van der Waals surface area contributed by atoms with Gasteiger partial charge < -0.3 is 5.73 Å². The number of nitrogens with one attached hydrogen (secondary N) is 2. The topological polar surface area (TPSA) is 97.1 Å². The van der Waals surface area contributed by atoms with E-state index in [1.807, 2.05) is 0 Å². The molecule has 0 radical (unpaired) electrons. The van der Waals surface area contributed by atoms with Crippen molar-refractivity contribution >= 4 is 11.8 Å². The zero-order valence-electron chi connectivity index (χ0n) is 8.06. The number of rotatable bonds is 3. The molecule has 0 spiro atoms. The lowest BCUT2D eigenvalue weighted by Gasteiger charge is -2.05. The largest absolute Gasteiger partial charge is 0.330 e. The molecule has 6 nitrogen and oxygen atoms in total. The lowest BCUT2D eigenvalue weighted by atomic mass is 10.3. The third-order valence-corrected chi connectivity index (χ3v) is 1.61. The molecule has 15 heavy (non-hydrogen) atoms. The zero-order valence-corrected chi connectivity index (χ0v) is 8.06. The molecule has 4 N–H and O–H groups in total. The number of hydrogen-bond acceptors (Lipinski definition) is 4. The SMILES string of the molecule is NCCC(=O)NNC(=O)c1cccnc1. The average Bonchev–Trinajstić information content (AvgIpc) is 2.27. The van der Waals surface area contributed by atoms with E-state index in [2.05, 4.69) is 15.8 Å². The number of hydrogen-bond donors (Lipinski definition) is 3. The van der Waals surface area contributed by atoms with Gasteiger partial charge in [-0.25, -0.2) is 0 Å². The van der Waals surface area contributed by atoms with Crippen LogP contribution in [0.2, 0.25) is 0 Å². The summed E-state index contributed by atoms with van der Waals surface area (Å²) in [6, 6.07) is 3.23. The van der Waals surface area contributed by atoms with Crippen molar-refractivity contribution in [2.75, 3.05) is 6.54 Å². The van der Waals surface area contributed by atoms with E-state index in [1.54, 1.807) is 18.3 Å². The highest BCUT2D eigenvalue weighted by Crippen LogP contribution is 1.93. The predicted octanol–water partition coefficient (Wildman–Crippen LogP) is -0.809. The molecule has 0 aliphatic heterocycles. The zero-order chi connectivity index (χ0) is 11.1. The molecule has 0 bridgehead atoms. The summed E-state index contributed by atoms with van der Waals surface area (Å²) in [6.07, 6.45) is 3.14. The van der Waals surface area contributed by atoms with Gasteiger partial charge in [0.15, 0.2) is 0 Å². The van der Waals surface area contributed by atoms with Crippen LogP contribution in [0.25, 0.3) is 0 Å². The number of carbonyl (C=O) groups is 2. The highest BCUT2D eigenvalue weighted by atomic mass is 16.2. The Morgan fingerprint density at radius 2 is 2.20 bits per heavy atom. The van der Waals surface area contributed by atoms with Crippen molar-refractivity contribution in [3.05, 3.63) is 30.1 Å². The van der Waals surface area contributed by atoms with E-state index in [-0.39, 0.29) is 18.9 Å². The van der Waals surface area contributed by atoms with Gasteiger partial charge in [0.1, 0.15) is 0 Å². The van der Waals surface area contributed by atoms with E-state index < -0.39 is 5.91 Å². The molecule has 0 saturated heterocycles. The van der Waals surface area contributed by atoms with Gasteiger partial charge in [-0.1, -0.05) is 0 Å². The monoisotopic (exact) mass is 208 g/mol. The van der Waals surface area contributed by atoms with Crippen LogP contribution < -0.4 is 16.6 Å². The second kappa shape index (κ2) is 5.71. The highest BCUT2D eigenvalue weighted by molar-refractivity contribution is 5.94. The molecule has 80 valence electrons. The van der Waals surface area contributed by atoms with E-state index in [0.717, 1.165) is 0 Å². The van der Waals surface area contributed by atoms with E-state index in [0.29, 0.717) is 5.56 Å². The van der Waals surface area contributed by atoms with Crippen LogP contribution in [-0.4, -0.2) is 23.3 Å². The summed E-state index contributed by atoms with van der Waals surface area (Å²) >= 11 is 0. The number of nitrogens with two attached hydrogens (primary N) is 1. The number of amides is 2. The summed E-state index contributed by atoms with van der Waals surface area (Å²) < 4.78 is 0. The maximum absolute atomic E-state index is 11.4. The first-order chi connectivity index (χ1) is 7.24. The molecule has 1 heterocycles. The van der Waals surface area contributed by atoms with Crippen molar-refractivity contribution in [2.45, 2.75) is 6.42 Å². The quantitative estimate of drug-likeness (QED) is 0.566. The van der Waals surface area contributed by atoms with Crippen molar-refractivity contribution in [2.24, 2.45) is 5.73 Å². The lowest BCUT2D eigenvalue weighted by Crippen LogP contribution is -2.42. The van der Waals surface area contributed by atoms with Gasteiger partial charge in [0.05, 0.1) is 5.56 Å². The second-order valence-electron chi connectivity index (χ2n) is 2.78. The third-order valence-electron chi connectivity index (χ3n) is 1.61. The molecule has 0 saturated carbocycles. The molecule has 0 fully saturated rings.